The van der Waals surface area contributed by atoms with E-state index in [-0.39, 0.29) is 12.2 Å². The lowest BCUT2D eigenvalue weighted by Gasteiger charge is -2.14. The Labute approximate surface area is 113 Å². The molecule has 0 aliphatic rings. The van der Waals surface area contributed by atoms with E-state index in [9.17, 15) is 9.59 Å². The number of nitrogens with zero attached hydrogens (tertiary/aromatic N) is 1. The maximum Gasteiger partial charge on any atom is 0.303 e. The fourth-order valence-electron chi connectivity index (χ4n) is 1.74. The second kappa shape index (κ2) is 6.89. The molecule has 0 aromatic heterocycles. The number of hydrogen-bond acceptors (Lipinski definition) is 4. The van der Waals surface area contributed by atoms with Gasteiger partial charge in [-0.3, -0.25) is 9.59 Å². The first-order chi connectivity index (χ1) is 8.91. The van der Waals surface area contributed by atoms with Gasteiger partial charge in [-0.05, 0) is 37.1 Å². The molecule has 1 aromatic carbocycles. The van der Waals surface area contributed by atoms with Crippen molar-refractivity contribution < 1.29 is 14.7 Å². The van der Waals surface area contributed by atoms with E-state index >= 15 is 0 Å². The van der Waals surface area contributed by atoms with Crippen molar-refractivity contribution in [3.63, 3.8) is 0 Å². The van der Waals surface area contributed by atoms with Crippen LogP contribution in [0.25, 0.3) is 0 Å². The third kappa shape index (κ3) is 4.71. The lowest BCUT2D eigenvalue weighted by molar-refractivity contribution is -0.137. The summed E-state index contributed by atoms with van der Waals surface area (Å²) in [7, 11) is 3.85. The van der Waals surface area contributed by atoms with Gasteiger partial charge in [0.25, 0.3) is 0 Å². The SMILES string of the molecule is CN(C)c1ccc(C(=O)C(N)CCCC(=O)O)cc1. The molecule has 0 fully saturated rings. The van der Waals surface area contributed by atoms with Crippen molar-refractivity contribution in [1.82, 2.24) is 0 Å². The Balaban J connectivity index is 2.58. The van der Waals surface area contributed by atoms with Crippen molar-refractivity contribution >= 4 is 17.4 Å². The summed E-state index contributed by atoms with van der Waals surface area (Å²) in [4.78, 5) is 24.4. The van der Waals surface area contributed by atoms with Crippen LogP contribution in [0, 0.1) is 0 Å². The van der Waals surface area contributed by atoms with E-state index in [2.05, 4.69) is 0 Å². The quantitative estimate of drug-likeness (QED) is 0.729. The maximum absolute atomic E-state index is 12.0. The van der Waals surface area contributed by atoms with Gasteiger partial charge in [0.05, 0.1) is 6.04 Å². The molecule has 1 atom stereocenters. The monoisotopic (exact) mass is 264 g/mol. The first-order valence-electron chi connectivity index (χ1n) is 6.21. The standard InChI is InChI=1S/C14H20N2O3/c1-16(2)11-8-6-10(7-9-11)14(19)12(15)4-3-5-13(17)18/h6-9,12H,3-5,15H2,1-2H3,(H,17,18). The summed E-state index contributed by atoms with van der Waals surface area (Å²) in [5, 5.41) is 8.53. The Hall–Kier alpha value is -1.88. The molecule has 0 heterocycles. The van der Waals surface area contributed by atoms with Gasteiger partial charge >= 0.3 is 5.97 Å². The van der Waals surface area contributed by atoms with Crippen LogP contribution in [-0.2, 0) is 4.79 Å². The van der Waals surface area contributed by atoms with E-state index in [4.69, 9.17) is 10.8 Å². The van der Waals surface area contributed by atoms with Crippen molar-refractivity contribution in [1.29, 1.82) is 0 Å². The number of rotatable bonds is 7. The number of anilines is 1. The highest BCUT2D eigenvalue weighted by Gasteiger charge is 2.15. The minimum absolute atomic E-state index is 0.0422. The van der Waals surface area contributed by atoms with Crippen LogP contribution >= 0.6 is 0 Å². The molecular weight excluding hydrogens is 244 g/mol. The van der Waals surface area contributed by atoms with Crippen LogP contribution in [0.1, 0.15) is 29.6 Å². The molecule has 1 aromatic rings. The smallest absolute Gasteiger partial charge is 0.303 e. The Morgan fingerprint density at radius 2 is 1.84 bits per heavy atom. The third-order valence-electron chi connectivity index (χ3n) is 2.91. The number of carbonyl (C=O) groups excluding carboxylic acids is 1. The molecule has 3 N–H and O–H groups in total. The Bertz CT molecular complexity index is 441. The number of benzene rings is 1. The van der Waals surface area contributed by atoms with Gasteiger partial charge in [-0.25, -0.2) is 0 Å². The average molecular weight is 264 g/mol. The van der Waals surface area contributed by atoms with Crippen LogP contribution in [-0.4, -0.2) is 37.0 Å². The summed E-state index contributed by atoms with van der Waals surface area (Å²) in [6.45, 7) is 0. The molecule has 0 radical (unpaired) electrons. The number of carbonyl (C=O) groups is 2. The number of carboxylic acid groups (broad SMARTS) is 1. The van der Waals surface area contributed by atoms with Crippen LogP contribution in [0.15, 0.2) is 24.3 Å². The minimum atomic E-state index is -0.866. The third-order valence-corrected chi connectivity index (χ3v) is 2.91. The summed E-state index contributed by atoms with van der Waals surface area (Å²) in [5.41, 5.74) is 7.35. The normalized spacial score (nSPS) is 11.9. The molecule has 19 heavy (non-hydrogen) atoms. The maximum atomic E-state index is 12.0. The molecule has 0 aliphatic heterocycles. The van der Waals surface area contributed by atoms with Gasteiger partial charge in [0, 0.05) is 31.8 Å². The number of ketones is 1. The lowest BCUT2D eigenvalue weighted by atomic mass is 10.00. The molecule has 5 heteroatoms. The first kappa shape index (κ1) is 15.2. The molecule has 1 unspecified atom stereocenters. The highest BCUT2D eigenvalue weighted by molar-refractivity contribution is 6.00. The summed E-state index contributed by atoms with van der Waals surface area (Å²) in [6, 6.07) is 6.57. The number of hydrogen-bond donors (Lipinski definition) is 2. The van der Waals surface area contributed by atoms with Crippen LogP contribution < -0.4 is 10.6 Å². The molecule has 0 saturated heterocycles. The van der Waals surface area contributed by atoms with Crippen LogP contribution in [0.3, 0.4) is 0 Å². The molecule has 0 spiro atoms. The number of Topliss-reactive ketones (excluding diaryl/α,β-unsaturated/α-hetero) is 1. The van der Waals surface area contributed by atoms with E-state index < -0.39 is 12.0 Å². The summed E-state index contributed by atoms with van der Waals surface area (Å²) >= 11 is 0. The topological polar surface area (TPSA) is 83.6 Å². The molecule has 0 saturated carbocycles. The Morgan fingerprint density at radius 1 is 1.26 bits per heavy atom. The van der Waals surface area contributed by atoms with Crippen molar-refractivity contribution in [2.45, 2.75) is 25.3 Å². The summed E-state index contributed by atoms with van der Waals surface area (Å²) in [6.07, 6.45) is 0.846. The van der Waals surface area contributed by atoms with E-state index in [0.29, 0.717) is 18.4 Å². The molecule has 1 rings (SSSR count). The zero-order valence-electron chi connectivity index (χ0n) is 11.3. The Kier molecular flexibility index (Phi) is 5.51. The van der Waals surface area contributed by atoms with Crippen molar-refractivity contribution in [3.8, 4) is 0 Å². The van der Waals surface area contributed by atoms with Gasteiger partial charge in [-0.2, -0.15) is 0 Å². The largest absolute Gasteiger partial charge is 0.481 e. The molecule has 0 bridgehead atoms. The molecule has 5 nitrogen and oxygen atoms in total. The van der Waals surface area contributed by atoms with E-state index in [1.807, 2.05) is 31.1 Å². The summed E-state index contributed by atoms with van der Waals surface area (Å²) < 4.78 is 0. The number of carboxylic acids is 1. The molecule has 0 amide bonds. The zero-order chi connectivity index (χ0) is 14.4. The van der Waals surface area contributed by atoms with Crippen LogP contribution in [0.4, 0.5) is 5.69 Å². The van der Waals surface area contributed by atoms with Gasteiger partial charge in [0.2, 0.25) is 0 Å². The van der Waals surface area contributed by atoms with Gasteiger partial charge in [-0.15, -0.1) is 0 Å². The average Bonchev–Trinajstić information content (AvgIpc) is 2.37. The highest BCUT2D eigenvalue weighted by Crippen LogP contribution is 2.14. The van der Waals surface area contributed by atoms with E-state index in [1.54, 1.807) is 12.1 Å². The number of nitrogens with two attached hydrogens (primary N) is 1. The molecule has 104 valence electrons. The highest BCUT2D eigenvalue weighted by atomic mass is 16.4. The fourth-order valence-corrected chi connectivity index (χ4v) is 1.74. The minimum Gasteiger partial charge on any atom is -0.481 e. The van der Waals surface area contributed by atoms with Crippen LogP contribution in [0.5, 0.6) is 0 Å². The van der Waals surface area contributed by atoms with Crippen molar-refractivity contribution in [2.75, 3.05) is 19.0 Å². The lowest BCUT2D eigenvalue weighted by Crippen LogP contribution is -2.30. The van der Waals surface area contributed by atoms with Gasteiger partial charge in [0.1, 0.15) is 0 Å². The summed E-state index contributed by atoms with van der Waals surface area (Å²) in [5.74, 6) is -1.01. The second-order valence-electron chi connectivity index (χ2n) is 4.70. The first-order valence-corrected chi connectivity index (χ1v) is 6.21. The molecule has 0 aliphatic carbocycles. The second-order valence-corrected chi connectivity index (χ2v) is 4.70. The Morgan fingerprint density at radius 3 is 2.32 bits per heavy atom. The molecular formula is C14H20N2O3. The van der Waals surface area contributed by atoms with Gasteiger partial charge < -0.3 is 15.7 Å². The number of aliphatic carboxylic acids is 1. The van der Waals surface area contributed by atoms with Gasteiger partial charge in [0.15, 0.2) is 5.78 Å². The van der Waals surface area contributed by atoms with Crippen molar-refractivity contribution in [3.05, 3.63) is 29.8 Å². The predicted molar refractivity (Wildman–Crippen MR) is 74.6 cm³/mol. The van der Waals surface area contributed by atoms with Crippen LogP contribution in [0.2, 0.25) is 0 Å². The fraction of sp³-hybridized carbons (Fsp3) is 0.429. The van der Waals surface area contributed by atoms with Gasteiger partial charge in [-0.1, -0.05) is 0 Å². The van der Waals surface area contributed by atoms with E-state index in [1.165, 1.54) is 0 Å². The zero-order valence-corrected chi connectivity index (χ0v) is 11.3. The van der Waals surface area contributed by atoms with E-state index in [0.717, 1.165) is 5.69 Å². The predicted octanol–water partition coefficient (Wildman–Crippen LogP) is 1.52. The van der Waals surface area contributed by atoms with Crippen molar-refractivity contribution in [2.24, 2.45) is 5.73 Å².